The van der Waals surface area contributed by atoms with E-state index in [1.54, 1.807) is 30.3 Å². The molecule has 2 aromatic rings. The predicted molar refractivity (Wildman–Crippen MR) is 63.0 cm³/mol. The van der Waals surface area contributed by atoms with Gasteiger partial charge in [-0.15, -0.1) is 0 Å². The zero-order valence-electron chi connectivity index (χ0n) is 9.26. The summed E-state index contributed by atoms with van der Waals surface area (Å²) >= 11 is 5.85. The second-order valence-corrected chi connectivity index (χ2v) is 3.90. The van der Waals surface area contributed by atoms with Gasteiger partial charge < -0.3 is 5.21 Å². The molecule has 1 aromatic carbocycles. The van der Waals surface area contributed by atoms with Crippen LogP contribution in [0.1, 0.15) is 11.3 Å². The van der Waals surface area contributed by atoms with Crippen molar-refractivity contribution in [2.24, 2.45) is 5.16 Å². The van der Waals surface area contributed by atoms with E-state index in [2.05, 4.69) is 10.3 Å². The quantitative estimate of drug-likeness (QED) is 0.523. The van der Waals surface area contributed by atoms with E-state index in [1.165, 1.54) is 0 Å². The number of hydrogen-bond donors (Lipinski definition) is 1. The molecule has 0 fully saturated rings. The van der Waals surface area contributed by atoms with Crippen molar-refractivity contribution in [1.29, 1.82) is 0 Å². The van der Waals surface area contributed by atoms with Gasteiger partial charge >= 0.3 is 6.18 Å². The first kappa shape index (κ1) is 13.4. The summed E-state index contributed by atoms with van der Waals surface area (Å²) < 4.78 is 39.3. The van der Waals surface area contributed by atoms with Crippen LogP contribution in [0.4, 0.5) is 13.2 Å². The molecule has 0 atom stereocenters. The highest BCUT2D eigenvalue weighted by Gasteiger charge is 2.38. The summed E-state index contributed by atoms with van der Waals surface area (Å²) in [5.41, 5.74) is -1.32. The van der Waals surface area contributed by atoms with Crippen LogP contribution in [0.15, 0.2) is 35.5 Å². The minimum absolute atomic E-state index is 0.281. The molecule has 100 valence electrons. The molecule has 0 saturated carbocycles. The molecule has 1 aromatic heterocycles. The van der Waals surface area contributed by atoms with E-state index in [4.69, 9.17) is 16.8 Å². The Morgan fingerprint density at radius 3 is 2.42 bits per heavy atom. The van der Waals surface area contributed by atoms with E-state index in [-0.39, 0.29) is 5.15 Å². The number of alkyl halides is 3. The van der Waals surface area contributed by atoms with Crippen molar-refractivity contribution in [2.45, 2.75) is 6.18 Å². The summed E-state index contributed by atoms with van der Waals surface area (Å²) in [4.78, 5) is 0. The molecule has 0 amide bonds. The van der Waals surface area contributed by atoms with Crippen LogP contribution in [0.2, 0.25) is 5.15 Å². The van der Waals surface area contributed by atoms with Crippen LogP contribution < -0.4 is 0 Å². The van der Waals surface area contributed by atoms with Gasteiger partial charge in [-0.05, 0) is 12.1 Å². The second-order valence-electron chi connectivity index (χ2n) is 3.54. The van der Waals surface area contributed by atoms with Crippen molar-refractivity contribution < 1.29 is 18.4 Å². The number of halogens is 4. The first-order chi connectivity index (χ1) is 8.95. The molecule has 1 N–H and O–H groups in total. The summed E-state index contributed by atoms with van der Waals surface area (Å²) in [7, 11) is 0. The molecule has 0 saturated heterocycles. The second kappa shape index (κ2) is 4.93. The van der Waals surface area contributed by atoms with Crippen molar-refractivity contribution in [3.8, 4) is 5.69 Å². The van der Waals surface area contributed by atoms with Gasteiger partial charge in [0.05, 0.1) is 17.5 Å². The molecule has 4 nitrogen and oxygen atoms in total. The van der Waals surface area contributed by atoms with Gasteiger partial charge in [0.2, 0.25) is 0 Å². The molecule has 0 unspecified atom stereocenters. The summed E-state index contributed by atoms with van der Waals surface area (Å²) in [5.74, 6) is 0. The van der Waals surface area contributed by atoms with Crippen LogP contribution in [-0.2, 0) is 6.18 Å². The number of para-hydroxylation sites is 1. The number of oxime groups is 1. The molecule has 2 rings (SSSR count). The highest BCUT2D eigenvalue weighted by Crippen LogP contribution is 2.34. The zero-order valence-corrected chi connectivity index (χ0v) is 10.0. The molecule has 19 heavy (non-hydrogen) atoms. The lowest BCUT2D eigenvalue weighted by Gasteiger charge is -2.02. The zero-order chi connectivity index (χ0) is 14.0. The summed E-state index contributed by atoms with van der Waals surface area (Å²) in [6.45, 7) is 0. The van der Waals surface area contributed by atoms with Crippen molar-refractivity contribution >= 4 is 17.8 Å². The van der Waals surface area contributed by atoms with Crippen LogP contribution in [0.25, 0.3) is 5.69 Å². The van der Waals surface area contributed by atoms with E-state index < -0.39 is 17.4 Å². The van der Waals surface area contributed by atoms with Gasteiger partial charge in [-0.3, -0.25) is 0 Å². The maximum absolute atomic E-state index is 12.8. The van der Waals surface area contributed by atoms with Crippen LogP contribution >= 0.6 is 11.6 Å². The Hall–Kier alpha value is -2.02. The van der Waals surface area contributed by atoms with Crippen LogP contribution in [0, 0.1) is 0 Å². The Kier molecular flexibility index (Phi) is 3.48. The molecule has 0 aliphatic heterocycles. The SMILES string of the molecule is O/N=C/c1c(C(F)(F)F)nn(-c2ccccc2)c1Cl. The Bertz CT molecular complexity index is 608. The van der Waals surface area contributed by atoms with E-state index in [0.717, 1.165) is 4.68 Å². The number of nitrogens with zero attached hydrogens (tertiary/aromatic N) is 3. The largest absolute Gasteiger partial charge is 0.435 e. The van der Waals surface area contributed by atoms with Gasteiger partial charge in [-0.2, -0.15) is 18.3 Å². The average molecular weight is 290 g/mol. The minimum Gasteiger partial charge on any atom is -0.411 e. The molecular weight excluding hydrogens is 283 g/mol. The molecule has 1 heterocycles. The minimum atomic E-state index is -4.69. The van der Waals surface area contributed by atoms with Gasteiger partial charge in [0.1, 0.15) is 5.15 Å². The van der Waals surface area contributed by atoms with E-state index >= 15 is 0 Å². The third-order valence-corrected chi connectivity index (χ3v) is 2.68. The molecule has 8 heteroatoms. The Labute approximate surface area is 110 Å². The Balaban J connectivity index is 2.66. The number of hydrogen-bond acceptors (Lipinski definition) is 3. The lowest BCUT2D eigenvalue weighted by atomic mass is 10.2. The summed E-state index contributed by atoms with van der Waals surface area (Å²) in [6, 6.07) is 8.10. The molecule has 0 aliphatic carbocycles. The number of aromatic nitrogens is 2. The van der Waals surface area contributed by atoms with Crippen LogP contribution in [-0.4, -0.2) is 21.2 Å². The monoisotopic (exact) mass is 289 g/mol. The Morgan fingerprint density at radius 2 is 1.89 bits per heavy atom. The Morgan fingerprint density at radius 1 is 1.26 bits per heavy atom. The summed E-state index contributed by atoms with van der Waals surface area (Å²) in [5, 5.41) is 14.2. The maximum Gasteiger partial charge on any atom is 0.435 e. The fourth-order valence-electron chi connectivity index (χ4n) is 1.53. The third kappa shape index (κ3) is 2.55. The maximum atomic E-state index is 12.8. The lowest BCUT2D eigenvalue weighted by Crippen LogP contribution is -2.09. The molecular formula is C11H7ClF3N3O. The number of rotatable bonds is 2. The highest BCUT2D eigenvalue weighted by molar-refractivity contribution is 6.32. The highest BCUT2D eigenvalue weighted by atomic mass is 35.5. The number of benzene rings is 1. The predicted octanol–water partition coefficient (Wildman–Crippen LogP) is 3.35. The van der Waals surface area contributed by atoms with Crippen molar-refractivity contribution in [2.75, 3.05) is 0 Å². The van der Waals surface area contributed by atoms with Crippen molar-refractivity contribution in [1.82, 2.24) is 9.78 Å². The molecule has 0 bridgehead atoms. The molecule has 0 aliphatic rings. The van der Waals surface area contributed by atoms with Crippen LogP contribution in [0.3, 0.4) is 0 Å². The van der Waals surface area contributed by atoms with Gasteiger partial charge in [-0.1, -0.05) is 35.0 Å². The molecule has 0 radical (unpaired) electrons. The lowest BCUT2D eigenvalue weighted by molar-refractivity contribution is -0.141. The van der Waals surface area contributed by atoms with Gasteiger partial charge in [0.15, 0.2) is 5.69 Å². The first-order valence-electron chi connectivity index (χ1n) is 5.03. The fourth-order valence-corrected chi connectivity index (χ4v) is 1.81. The van der Waals surface area contributed by atoms with Gasteiger partial charge in [-0.25, -0.2) is 4.68 Å². The van der Waals surface area contributed by atoms with E-state index in [1.807, 2.05) is 0 Å². The topological polar surface area (TPSA) is 50.4 Å². The third-order valence-electron chi connectivity index (χ3n) is 2.32. The van der Waals surface area contributed by atoms with Gasteiger partial charge in [0.25, 0.3) is 0 Å². The van der Waals surface area contributed by atoms with Crippen LogP contribution in [0.5, 0.6) is 0 Å². The van der Waals surface area contributed by atoms with Crippen molar-refractivity contribution in [3.63, 3.8) is 0 Å². The average Bonchev–Trinajstić information content (AvgIpc) is 2.69. The molecule has 0 spiro atoms. The first-order valence-corrected chi connectivity index (χ1v) is 5.41. The van der Waals surface area contributed by atoms with Crippen molar-refractivity contribution in [3.05, 3.63) is 46.7 Å². The normalized spacial score (nSPS) is 12.2. The standard InChI is InChI=1S/C11H7ClF3N3O/c12-10-8(6-16-19)9(11(13,14)15)17-18(10)7-4-2-1-3-5-7/h1-6,19H/b16-6+. The summed E-state index contributed by atoms with van der Waals surface area (Å²) in [6.07, 6.45) is -4.09. The van der Waals surface area contributed by atoms with Gasteiger partial charge in [0, 0.05) is 0 Å². The fraction of sp³-hybridized carbons (Fsp3) is 0.0909. The van der Waals surface area contributed by atoms with E-state index in [0.29, 0.717) is 11.9 Å². The smallest absolute Gasteiger partial charge is 0.411 e. The van der Waals surface area contributed by atoms with E-state index in [9.17, 15) is 13.2 Å².